The Balaban J connectivity index is 0.0000265. The van der Waals surface area contributed by atoms with E-state index in [0.29, 0.717) is 34.3 Å². The number of amides is 11. The van der Waals surface area contributed by atoms with E-state index < -0.39 is 138 Å². The SMILES string of the molecule is CSCC[C@H](NC(=O)[C@H](CC(C)C)NC(=O)[C@H](Cc1cnc[nH]1)NC(=O)CNC(=O)[C@@H](NC(=O)[C@H](C)NC(=O)[C@H](Cc1c[nH]c2ccccc12)NC(=O)[C@H](CCC(N)=O)NC(=O)CCCCNC(=O)CN1CCN(CC(=O)O)CCN(CC(=O)O)CCN(CC(=O)O)CC1)C(C)C)C(N)=O.[149Pm]. The number of nitrogens with zero attached hydrogens (tertiary/aromatic N) is 5. The molecule has 1 fully saturated rings. The van der Waals surface area contributed by atoms with Crippen LogP contribution in [0.25, 0.3) is 10.9 Å². The topological polar surface area (TPSA) is 517 Å². The number of nitrogens with one attached hydrogen (secondary N) is 11. The van der Waals surface area contributed by atoms with Crippen LogP contribution in [0.2, 0.25) is 0 Å². The second-order valence-corrected chi connectivity index (χ2v) is 26.3. The Bertz CT molecular complexity index is 3220. The van der Waals surface area contributed by atoms with E-state index in [-0.39, 0.29) is 183 Å². The number of thioether (sulfide) groups is 1. The number of carboxylic acid groups (broad SMARTS) is 3. The number of carbonyl (C=O) groups is 14. The largest absolute Gasteiger partial charge is 0.480 e. The molecule has 1 aliphatic rings. The van der Waals surface area contributed by atoms with Crippen molar-refractivity contribution in [2.24, 2.45) is 23.3 Å². The Labute approximate surface area is 622 Å². The number of para-hydroxylation sites is 1. The van der Waals surface area contributed by atoms with Gasteiger partial charge in [0.05, 0.1) is 39.1 Å². The van der Waals surface area contributed by atoms with Crippen LogP contribution in [0.5, 0.6) is 0 Å². The minimum Gasteiger partial charge on any atom is -0.480 e. The van der Waals surface area contributed by atoms with Crippen LogP contribution >= 0.6 is 11.8 Å². The van der Waals surface area contributed by atoms with Crippen molar-refractivity contribution in [2.75, 3.05) is 104 Å². The maximum atomic E-state index is 14.4. The van der Waals surface area contributed by atoms with E-state index in [1.165, 1.54) is 31.2 Å². The first-order valence-electron chi connectivity index (χ1n) is 33.2. The molecular formula is C64H100N18O17PmS. The fourth-order valence-corrected chi connectivity index (χ4v) is 11.3. The average molecular weight is 1570 g/mol. The van der Waals surface area contributed by atoms with Gasteiger partial charge in [-0.1, -0.05) is 45.9 Å². The van der Waals surface area contributed by atoms with E-state index in [0.717, 1.165) is 0 Å². The van der Waals surface area contributed by atoms with Crippen LogP contribution in [0.4, 0.5) is 0 Å². The summed E-state index contributed by atoms with van der Waals surface area (Å²) in [5.74, 6) is -11.6. The number of fused-ring (bicyclic) bond motifs is 1. The zero-order chi connectivity index (χ0) is 74.0. The van der Waals surface area contributed by atoms with Gasteiger partial charge in [-0.2, -0.15) is 11.8 Å². The van der Waals surface area contributed by atoms with Gasteiger partial charge in [-0.15, -0.1) is 0 Å². The summed E-state index contributed by atoms with van der Waals surface area (Å²) < 4.78 is 0. The summed E-state index contributed by atoms with van der Waals surface area (Å²) in [4.78, 5) is 200. The molecule has 37 heteroatoms. The van der Waals surface area contributed by atoms with Crippen LogP contribution in [0.15, 0.2) is 43.0 Å². The maximum Gasteiger partial charge on any atom is 0.317 e. The monoisotopic (exact) mass is 1570 g/mol. The molecule has 101 heavy (non-hydrogen) atoms. The molecule has 1 saturated heterocycles. The fourth-order valence-electron chi connectivity index (χ4n) is 10.8. The molecule has 0 aliphatic carbocycles. The third kappa shape index (κ3) is 33.6. The third-order valence-corrected chi connectivity index (χ3v) is 16.9. The molecule has 559 valence electrons. The van der Waals surface area contributed by atoms with Crippen molar-refractivity contribution < 1.29 is 123 Å². The minimum absolute atomic E-state index is 0. The summed E-state index contributed by atoms with van der Waals surface area (Å²) in [6.07, 6.45) is 6.17. The Morgan fingerprint density at radius 2 is 1.08 bits per heavy atom. The van der Waals surface area contributed by atoms with Gasteiger partial charge >= 0.3 is 17.9 Å². The summed E-state index contributed by atoms with van der Waals surface area (Å²) in [6, 6.07) is -1.76. The summed E-state index contributed by atoms with van der Waals surface area (Å²) in [7, 11) is 0. The van der Waals surface area contributed by atoms with E-state index >= 15 is 0 Å². The second kappa shape index (κ2) is 45.8. The Morgan fingerprint density at radius 3 is 1.61 bits per heavy atom. The maximum absolute atomic E-state index is 14.4. The van der Waals surface area contributed by atoms with Crippen molar-refractivity contribution in [3.05, 3.63) is 54.2 Å². The number of primary amides is 2. The number of hydrogen-bond acceptors (Lipinski definition) is 20. The number of benzene rings is 1. The number of unbranched alkanes of at least 4 members (excludes halogenated alkanes) is 1. The number of carbonyl (C=O) groups excluding carboxylic acids is 11. The van der Waals surface area contributed by atoms with Gasteiger partial charge in [0.15, 0.2) is 0 Å². The Morgan fingerprint density at radius 1 is 0.554 bits per heavy atom. The standard InChI is InChI=1S/C64H100N18O17S.Pm/c1-38(2)27-47(62(97)75-45(58(66)93)16-26-100-6)76-63(98)49(29-42-31-67-37-71-42)74-52(85)32-70-64(99)57(39(3)4)78-59(94)40(5)72-61(96)48(28-41-30-69-44-12-8-7-11-43(41)44)77-60(95)46(14-15-50(65)83)73-51(84)13-9-10-17-68-53(86)33-79-18-20-80(34-54(87)88)22-24-82(36-56(91)92)25-23-81(21-19-79)35-55(89)90;/h7-8,11-12,30-31,37-40,45-49,57,69H,9-10,13-29,32-36H2,1-6H3,(H2,65,83)(H2,66,93)(H,67,71)(H,68,86)(H,70,99)(H,72,96)(H,73,84)(H,74,85)(H,75,97)(H,76,98)(H,77,95)(H,78,94)(H,87,88)(H,89,90)(H,91,92);/t40-,45-,46-,47-,48-,49-,57-;/m0./s1/i;1+4. The first-order valence-corrected chi connectivity index (χ1v) is 34.6. The van der Waals surface area contributed by atoms with Crippen molar-refractivity contribution in [3.63, 3.8) is 0 Å². The minimum atomic E-state index is -1.42. The normalized spacial score (nSPS) is 15.6. The molecule has 4 rings (SSSR count). The molecule has 1 radical (unpaired) electrons. The predicted octanol–water partition coefficient (Wildman–Crippen LogP) is -3.83. The van der Waals surface area contributed by atoms with E-state index in [1.54, 1.807) is 63.9 Å². The van der Waals surface area contributed by atoms with Gasteiger partial charge in [-0.25, -0.2) is 4.98 Å². The number of H-pyrrole nitrogens is 2. The van der Waals surface area contributed by atoms with Crippen molar-refractivity contribution in [2.45, 2.75) is 135 Å². The molecule has 18 N–H and O–H groups in total. The molecule has 2 aromatic heterocycles. The first kappa shape index (κ1) is 87.3. The van der Waals surface area contributed by atoms with E-state index in [1.807, 2.05) is 20.1 Å². The zero-order valence-electron chi connectivity index (χ0n) is 58.0. The number of carboxylic acids is 3. The van der Waals surface area contributed by atoms with Crippen LogP contribution in [-0.4, -0.2) is 279 Å². The second-order valence-electron chi connectivity index (χ2n) is 25.4. The summed E-state index contributed by atoms with van der Waals surface area (Å²) in [6.45, 7) is 8.25. The van der Waals surface area contributed by atoms with E-state index in [4.69, 9.17) is 11.5 Å². The van der Waals surface area contributed by atoms with Crippen molar-refractivity contribution in [1.29, 1.82) is 0 Å². The van der Waals surface area contributed by atoms with Crippen molar-refractivity contribution >= 4 is 106 Å². The Hall–Kier alpha value is -7.92. The summed E-state index contributed by atoms with van der Waals surface area (Å²) in [5, 5.41) is 53.0. The van der Waals surface area contributed by atoms with Gasteiger partial charge in [0.2, 0.25) is 65.0 Å². The van der Waals surface area contributed by atoms with Gasteiger partial charge in [-0.05, 0) is 74.5 Å². The number of hydrogen-bond donors (Lipinski definition) is 16. The van der Waals surface area contributed by atoms with Crippen LogP contribution in [0, 0.1) is 52.2 Å². The number of imidazole rings is 1. The smallest absolute Gasteiger partial charge is 0.317 e. The van der Waals surface area contributed by atoms with Gasteiger partial charge in [0, 0.05) is 154 Å². The van der Waals surface area contributed by atoms with Crippen LogP contribution < -0.4 is 59.3 Å². The first-order chi connectivity index (χ1) is 47.4. The molecule has 3 heterocycles. The number of aromatic nitrogens is 3. The van der Waals surface area contributed by atoms with E-state index in [9.17, 15) is 82.4 Å². The predicted molar refractivity (Wildman–Crippen MR) is 367 cm³/mol. The summed E-state index contributed by atoms with van der Waals surface area (Å²) in [5.41, 5.74) is 12.8. The van der Waals surface area contributed by atoms with Crippen molar-refractivity contribution in [3.8, 4) is 0 Å². The third-order valence-electron chi connectivity index (χ3n) is 16.3. The molecule has 0 bridgehead atoms. The number of aliphatic carboxylic acids is 3. The van der Waals surface area contributed by atoms with Crippen LogP contribution in [0.3, 0.4) is 0 Å². The molecule has 0 unspecified atom stereocenters. The van der Waals surface area contributed by atoms with Gasteiger partial charge in [0.25, 0.3) is 0 Å². The zero-order valence-corrected chi connectivity index (χ0v) is 61.7. The van der Waals surface area contributed by atoms with E-state index in [2.05, 4.69) is 62.8 Å². The van der Waals surface area contributed by atoms with Gasteiger partial charge in [-0.3, -0.25) is 86.7 Å². The fraction of sp³-hybridized carbons (Fsp3) is 0.609. The molecule has 35 nitrogen and oxygen atoms in total. The Kier molecular flexibility index (Phi) is 39.6. The molecule has 11 amide bonds. The quantitative estimate of drug-likeness (QED) is 0.0242. The van der Waals surface area contributed by atoms with Crippen LogP contribution in [0.1, 0.15) is 90.8 Å². The molecule has 1 aromatic carbocycles. The van der Waals surface area contributed by atoms with Crippen molar-refractivity contribution in [1.82, 2.24) is 82.4 Å². The molecular weight excluding hydrogens is 1470 g/mol. The van der Waals surface area contributed by atoms with Gasteiger partial charge < -0.3 is 84.6 Å². The van der Waals surface area contributed by atoms with Gasteiger partial charge in [0.1, 0.15) is 42.3 Å². The molecule has 3 aromatic rings. The molecule has 1 aliphatic heterocycles. The summed E-state index contributed by atoms with van der Waals surface area (Å²) >= 11 is 1.45. The van der Waals surface area contributed by atoms with Crippen LogP contribution in [-0.2, 0) is 80.0 Å². The molecule has 7 atom stereocenters. The number of rotatable bonds is 42. The number of nitrogens with two attached hydrogens (primary N) is 2. The number of aromatic amines is 2. The average Bonchev–Trinajstić information content (AvgIpc) is 1.72. The molecule has 0 spiro atoms. The molecule has 0 saturated carbocycles.